The van der Waals surface area contributed by atoms with Crippen molar-refractivity contribution in [3.8, 4) is 0 Å². The van der Waals surface area contributed by atoms with Gasteiger partial charge in [0.05, 0.1) is 6.10 Å². The van der Waals surface area contributed by atoms with E-state index in [1.807, 2.05) is 0 Å². The van der Waals surface area contributed by atoms with Gasteiger partial charge in [-0.2, -0.15) is 5.10 Å². The number of aromatic amines is 1. The van der Waals surface area contributed by atoms with E-state index in [1.54, 1.807) is 18.0 Å². The molecule has 1 aliphatic rings. The maximum atomic E-state index is 12.2. The normalized spacial score (nSPS) is 17.3. The molecule has 2 rings (SSSR count). The number of nitrogens with one attached hydrogen (secondary N) is 1. The quantitative estimate of drug-likeness (QED) is 0.868. The zero-order valence-corrected chi connectivity index (χ0v) is 12.1. The van der Waals surface area contributed by atoms with E-state index in [1.165, 1.54) is 0 Å². The number of carbonyl (C=O) groups excluding carboxylic acids is 1. The second-order valence-corrected chi connectivity index (χ2v) is 6.51. The molecule has 0 spiro atoms. The predicted octanol–water partition coefficient (Wildman–Crippen LogP) is 1.55. The number of nitrogens with zero attached hydrogens (tertiary/aromatic N) is 2. The molecule has 5 nitrogen and oxygen atoms in total. The van der Waals surface area contributed by atoms with Gasteiger partial charge in [0, 0.05) is 24.7 Å². The van der Waals surface area contributed by atoms with Gasteiger partial charge < -0.3 is 10.0 Å². The summed E-state index contributed by atoms with van der Waals surface area (Å²) in [4.78, 5) is 13.7. The molecule has 1 heterocycles. The van der Waals surface area contributed by atoms with Crippen LogP contribution in [0.1, 0.15) is 49.8 Å². The molecule has 1 unspecified atom stereocenters. The van der Waals surface area contributed by atoms with Crippen LogP contribution in [0.5, 0.6) is 0 Å². The van der Waals surface area contributed by atoms with E-state index in [-0.39, 0.29) is 11.3 Å². The van der Waals surface area contributed by atoms with Crippen molar-refractivity contribution in [3.05, 3.63) is 17.5 Å². The lowest BCUT2D eigenvalue weighted by Gasteiger charge is -2.19. The van der Waals surface area contributed by atoms with E-state index in [0.717, 1.165) is 18.5 Å². The van der Waals surface area contributed by atoms with Crippen LogP contribution < -0.4 is 0 Å². The fourth-order valence-electron chi connectivity index (χ4n) is 2.00. The smallest absolute Gasteiger partial charge is 0.274 e. The van der Waals surface area contributed by atoms with Crippen molar-refractivity contribution in [2.45, 2.75) is 45.1 Å². The number of rotatable bonds is 4. The van der Waals surface area contributed by atoms with Crippen LogP contribution in [0.3, 0.4) is 0 Å². The van der Waals surface area contributed by atoms with Gasteiger partial charge in [0.25, 0.3) is 5.91 Å². The first-order chi connectivity index (χ1) is 8.79. The Balaban J connectivity index is 2.00. The highest BCUT2D eigenvalue weighted by Crippen LogP contribution is 2.32. The van der Waals surface area contributed by atoms with Gasteiger partial charge in [0.2, 0.25) is 0 Å². The lowest BCUT2D eigenvalue weighted by molar-refractivity contribution is 0.0640. The molecule has 0 bridgehead atoms. The van der Waals surface area contributed by atoms with Gasteiger partial charge in [-0.05, 0) is 24.8 Å². The fraction of sp³-hybridized carbons (Fsp3) is 0.714. The van der Waals surface area contributed by atoms with Crippen LogP contribution >= 0.6 is 0 Å². The largest absolute Gasteiger partial charge is 0.391 e. The average molecular weight is 265 g/mol. The van der Waals surface area contributed by atoms with Crippen LogP contribution in [0.15, 0.2) is 6.07 Å². The lowest BCUT2D eigenvalue weighted by Crippen LogP contribution is -2.35. The highest BCUT2D eigenvalue weighted by Gasteiger charge is 2.31. The molecule has 5 heteroatoms. The summed E-state index contributed by atoms with van der Waals surface area (Å²) >= 11 is 0. The summed E-state index contributed by atoms with van der Waals surface area (Å²) in [6, 6.07) is 1.79. The molecule has 0 aliphatic heterocycles. The van der Waals surface area contributed by atoms with Gasteiger partial charge in [-0.3, -0.25) is 9.89 Å². The summed E-state index contributed by atoms with van der Waals surface area (Å²) in [6.07, 6.45) is 1.73. The summed E-state index contributed by atoms with van der Waals surface area (Å²) in [5.74, 6) is 0.228. The highest BCUT2D eigenvalue weighted by molar-refractivity contribution is 5.92. The molecule has 2 N–H and O–H groups in total. The molecular weight excluding hydrogens is 242 g/mol. The van der Waals surface area contributed by atoms with Crippen LogP contribution in [0.4, 0.5) is 0 Å². The summed E-state index contributed by atoms with van der Waals surface area (Å²) in [6.45, 7) is 6.57. The van der Waals surface area contributed by atoms with Crippen LogP contribution in [-0.4, -0.2) is 45.8 Å². The second kappa shape index (κ2) is 4.96. The number of aliphatic hydroxyl groups excluding tert-OH is 1. The first kappa shape index (κ1) is 14.1. The molecule has 1 aromatic heterocycles. The maximum Gasteiger partial charge on any atom is 0.274 e. The first-order valence-electron chi connectivity index (χ1n) is 6.78. The van der Waals surface area contributed by atoms with E-state index in [9.17, 15) is 9.90 Å². The number of amides is 1. The Morgan fingerprint density at radius 3 is 2.68 bits per heavy atom. The Morgan fingerprint density at radius 2 is 2.21 bits per heavy atom. The molecule has 1 aliphatic carbocycles. The number of hydrogen-bond acceptors (Lipinski definition) is 3. The Morgan fingerprint density at radius 1 is 1.58 bits per heavy atom. The van der Waals surface area contributed by atoms with Crippen molar-refractivity contribution in [1.82, 2.24) is 15.1 Å². The van der Waals surface area contributed by atoms with Crippen molar-refractivity contribution in [3.63, 3.8) is 0 Å². The Hall–Kier alpha value is -1.36. The van der Waals surface area contributed by atoms with E-state index in [4.69, 9.17) is 0 Å². The minimum absolute atomic E-state index is 0.0579. The average Bonchev–Trinajstić information content (AvgIpc) is 3.03. The van der Waals surface area contributed by atoms with Crippen LogP contribution in [0.25, 0.3) is 0 Å². The van der Waals surface area contributed by atoms with E-state index >= 15 is 0 Å². The van der Waals surface area contributed by atoms with Crippen LogP contribution in [0.2, 0.25) is 0 Å². The van der Waals surface area contributed by atoms with Gasteiger partial charge in [-0.1, -0.05) is 20.8 Å². The van der Waals surface area contributed by atoms with Gasteiger partial charge in [-0.15, -0.1) is 0 Å². The van der Waals surface area contributed by atoms with Crippen LogP contribution in [-0.2, 0) is 5.41 Å². The first-order valence-corrected chi connectivity index (χ1v) is 6.78. The molecule has 1 fully saturated rings. The molecule has 19 heavy (non-hydrogen) atoms. The molecule has 1 saturated carbocycles. The topological polar surface area (TPSA) is 69.2 Å². The van der Waals surface area contributed by atoms with E-state index in [0.29, 0.717) is 18.2 Å². The molecule has 1 aromatic rings. The molecule has 106 valence electrons. The monoisotopic (exact) mass is 265 g/mol. The fourth-order valence-corrected chi connectivity index (χ4v) is 2.00. The van der Waals surface area contributed by atoms with Gasteiger partial charge >= 0.3 is 0 Å². The van der Waals surface area contributed by atoms with Crippen molar-refractivity contribution in [2.24, 2.45) is 5.92 Å². The minimum Gasteiger partial charge on any atom is -0.391 e. The molecule has 0 aromatic carbocycles. The summed E-state index contributed by atoms with van der Waals surface area (Å²) in [7, 11) is 1.71. The Labute approximate surface area is 114 Å². The van der Waals surface area contributed by atoms with Crippen molar-refractivity contribution < 1.29 is 9.90 Å². The third kappa shape index (κ3) is 3.35. The van der Waals surface area contributed by atoms with Gasteiger partial charge in [-0.25, -0.2) is 0 Å². The lowest BCUT2D eigenvalue weighted by atomic mass is 9.92. The van der Waals surface area contributed by atoms with Gasteiger partial charge in [0.1, 0.15) is 5.69 Å². The van der Waals surface area contributed by atoms with Gasteiger partial charge in [0.15, 0.2) is 0 Å². The predicted molar refractivity (Wildman–Crippen MR) is 73.0 cm³/mol. The summed E-state index contributed by atoms with van der Waals surface area (Å²) < 4.78 is 0. The Bertz CT molecular complexity index is 458. The molecule has 1 atom stereocenters. The molecule has 0 radical (unpaired) electrons. The molecule has 0 saturated heterocycles. The number of hydrogen-bond donors (Lipinski definition) is 2. The number of likely N-dealkylation sites (N-methyl/N-ethyl adjacent to an activating group) is 1. The third-order valence-corrected chi connectivity index (χ3v) is 3.58. The van der Waals surface area contributed by atoms with Crippen molar-refractivity contribution in [1.29, 1.82) is 0 Å². The third-order valence-electron chi connectivity index (χ3n) is 3.58. The standard InChI is InChI=1S/C14H23N3O2/c1-14(2,3)12-7-10(15-16-12)13(19)17(4)8-11(18)9-5-6-9/h7,9,11,18H,5-6,8H2,1-4H3,(H,15,16). The molecular formula is C14H23N3O2. The number of carbonyl (C=O) groups is 1. The number of aliphatic hydroxyl groups is 1. The highest BCUT2D eigenvalue weighted by atomic mass is 16.3. The van der Waals surface area contributed by atoms with E-state index in [2.05, 4.69) is 31.0 Å². The number of aromatic nitrogens is 2. The summed E-state index contributed by atoms with van der Waals surface area (Å²) in [5, 5.41) is 16.9. The maximum absolute atomic E-state index is 12.2. The second-order valence-electron chi connectivity index (χ2n) is 6.51. The minimum atomic E-state index is -0.407. The number of H-pyrrole nitrogens is 1. The Kier molecular flexibility index (Phi) is 3.67. The van der Waals surface area contributed by atoms with E-state index < -0.39 is 6.10 Å². The SMILES string of the molecule is CN(CC(O)C1CC1)C(=O)c1cc(C(C)(C)C)[nH]n1. The van der Waals surface area contributed by atoms with Crippen molar-refractivity contribution >= 4 is 5.91 Å². The zero-order valence-electron chi connectivity index (χ0n) is 12.1. The van der Waals surface area contributed by atoms with Crippen molar-refractivity contribution in [2.75, 3.05) is 13.6 Å². The van der Waals surface area contributed by atoms with Crippen LogP contribution in [0, 0.1) is 5.92 Å². The summed E-state index contributed by atoms with van der Waals surface area (Å²) in [5.41, 5.74) is 1.29. The molecule has 1 amide bonds. The zero-order chi connectivity index (χ0) is 14.2.